The summed E-state index contributed by atoms with van der Waals surface area (Å²) in [6.45, 7) is 2.26. The number of hydrogen-bond acceptors (Lipinski definition) is 5. The van der Waals surface area contributed by atoms with Gasteiger partial charge in [0.1, 0.15) is 12.4 Å². The highest BCUT2D eigenvalue weighted by molar-refractivity contribution is 9.11. The molecular formula is C11H10Br2O5. The van der Waals surface area contributed by atoms with Crippen LogP contribution < -0.4 is 4.74 Å². The van der Waals surface area contributed by atoms with Crippen LogP contribution in [0.25, 0.3) is 0 Å². The summed E-state index contributed by atoms with van der Waals surface area (Å²) in [4.78, 5) is 11.0. The van der Waals surface area contributed by atoms with E-state index in [1.807, 2.05) is 0 Å². The largest absolute Gasteiger partial charge is 0.427 e. The lowest BCUT2D eigenvalue weighted by atomic mass is 10.3. The molecule has 2 N–H and O–H groups in total. The van der Waals surface area contributed by atoms with Gasteiger partial charge in [-0.15, -0.1) is 0 Å². The lowest BCUT2D eigenvalue weighted by Gasteiger charge is -2.25. The van der Waals surface area contributed by atoms with Gasteiger partial charge in [-0.2, -0.15) is 0 Å². The third-order valence-electron chi connectivity index (χ3n) is 1.79. The first-order chi connectivity index (χ1) is 8.40. The van der Waals surface area contributed by atoms with E-state index < -0.39 is 18.5 Å². The Morgan fingerprint density at radius 2 is 2.17 bits per heavy atom. The molecule has 98 valence electrons. The van der Waals surface area contributed by atoms with E-state index in [2.05, 4.69) is 43.2 Å². The standard InChI is InChI=1S/C11H10Br2O5/c1-2-10(15)18-11(16,6-14)17-9-4-3-7(12)5-8(9)13/h2-5,14,16H,1,6H2. The third-order valence-corrected chi connectivity index (χ3v) is 2.90. The number of halogens is 2. The molecule has 1 unspecified atom stereocenters. The molecule has 0 saturated heterocycles. The highest BCUT2D eigenvalue weighted by Gasteiger charge is 2.33. The Morgan fingerprint density at radius 1 is 1.50 bits per heavy atom. The number of aliphatic hydroxyl groups excluding tert-OH is 1. The summed E-state index contributed by atoms with van der Waals surface area (Å²) < 4.78 is 10.9. The Labute approximate surface area is 120 Å². The van der Waals surface area contributed by atoms with Gasteiger partial charge in [-0.05, 0) is 34.1 Å². The summed E-state index contributed by atoms with van der Waals surface area (Å²) in [6.07, 6.45) is 0.848. The Hall–Kier alpha value is -0.890. The Bertz CT molecular complexity index is 463. The molecule has 0 radical (unpaired) electrons. The van der Waals surface area contributed by atoms with Gasteiger partial charge >= 0.3 is 11.9 Å². The molecule has 0 aromatic heterocycles. The average Bonchev–Trinajstić information content (AvgIpc) is 2.33. The van der Waals surface area contributed by atoms with Gasteiger partial charge in [0, 0.05) is 10.5 Å². The summed E-state index contributed by atoms with van der Waals surface area (Å²) in [7, 11) is 0. The van der Waals surface area contributed by atoms with Crippen molar-refractivity contribution in [1.82, 2.24) is 0 Å². The number of carbonyl (C=O) groups is 1. The molecule has 1 aromatic rings. The molecule has 0 saturated carbocycles. The number of aliphatic hydroxyl groups is 2. The maximum Gasteiger partial charge on any atom is 0.396 e. The maximum atomic E-state index is 11.0. The predicted molar refractivity (Wildman–Crippen MR) is 70.8 cm³/mol. The van der Waals surface area contributed by atoms with E-state index in [0.29, 0.717) is 4.47 Å². The topological polar surface area (TPSA) is 76.0 Å². The first-order valence-corrected chi connectivity index (χ1v) is 6.31. The van der Waals surface area contributed by atoms with Crippen molar-refractivity contribution in [2.75, 3.05) is 6.61 Å². The van der Waals surface area contributed by atoms with Gasteiger partial charge in [0.05, 0.1) is 4.47 Å². The van der Waals surface area contributed by atoms with Crippen LogP contribution in [0, 0.1) is 0 Å². The molecule has 0 fully saturated rings. The van der Waals surface area contributed by atoms with Crippen LogP contribution in [0.4, 0.5) is 0 Å². The molecule has 5 nitrogen and oxygen atoms in total. The molecule has 1 atom stereocenters. The van der Waals surface area contributed by atoms with E-state index in [-0.39, 0.29) is 5.75 Å². The summed E-state index contributed by atoms with van der Waals surface area (Å²) in [5.74, 6) is -3.17. The second-order valence-electron chi connectivity index (χ2n) is 3.17. The maximum absolute atomic E-state index is 11.0. The first-order valence-electron chi connectivity index (χ1n) is 4.73. The molecule has 0 aliphatic heterocycles. The van der Waals surface area contributed by atoms with E-state index in [9.17, 15) is 9.90 Å². The lowest BCUT2D eigenvalue weighted by molar-refractivity contribution is -0.313. The molecule has 18 heavy (non-hydrogen) atoms. The van der Waals surface area contributed by atoms with Crippen molar-refractivity contribution in [2.45, 2.75) is 5.97 Å². The van der Waals surface area contributed by atoms with E-state index in [1.54, 1.807) is 12.1 Å². The molecular weight excluding hydrogens is 372 g/mol. The van der Waals surface area contributed by atoms with Crippen LogP contribution >= 0.6 is 31.9 Å². The third kappa shape index (κ3) is 4.09. The second kappa shape index (κ2) is 6.33. The lowest BCUT2D eigenvalue weighted by Crippen LogP contribution is -2.44. The zero-order valence-electron chi connectivity index (χ0n) is 9.10. The van der Waals surface area contributed by atoms with Crippen LogP contribution in [0.5, 0.6) is 5.75 Å². The van der Waals surface area contributed by atoms with Gasteiger partial charge in [0.25, 0.3) is 0 Å². The van der Waals surface area contributed by atoms with E-state index >= 15 is 0 Å². The highest BCUT2D eigenvalue weighted by Crippen LogP contribution is 2.30. The quantitative estimate of drug-likeness (QED) is 0.463. The molecule has 1 aromatic carbocycles. The zero-order chi connectivity index (χ0) is 13.8. The molecule has 0 bridgehead atoms. The van der Waals surface area contributed by atoms with Crippen molar-refractivity contribution in [1.29, 1.82) is 0 Å². The fraction of sp³-hybridized carbons (Fsp3) is 0.182. The van der Waals surface area contributed by atoms with Gasteiger partial charge in [-0.3, -0.25) is 0 Å². The summed E-state index contributed by atoms with van der Waals surface area (Å²) in [5.41, 5.74) is 0. The predicted octanol–water partition coefficient (Wildman–Crippen LogP) is 1.96. The van der Waals surface area contributed by atoms with Crippen LogP contribution in [-0.2, 0) is 9.53 Å². The van der Waals surface area contributed by atoms with Crippen LogP contribution in [0.1, 0.15) is 0 Å². The number of hydrogen-bond donors (Lipinski definition) is 2. The van der Waals surface area contributed by atoms with Crippen molar-refractivity contribution >= 4 is 37.8 Å². The summed E-state index contributed by atoms with van der Waals surface area (Å²) in [6, 6.07) is 4.85. The smallest absolute Gasteiger partial charge is 0.396 e. The molecule has 0 aliphatic rings. The Balaban J connectivity index is 2.90. The Kier molecular flexibility index (Phi) is 5.33. The molecule has 0 spiro atoms. The summed E-state index contributed by atoms with van der Waals surface area (Å²) in [5, 5.41) is 18.8. The fourth-order valence-corrected chi connectivity index (χ4v) is 2.14. The van der Waals surface area contributed by atoms with Crippen molar-refractivity contribution < 1.29 is 24.5 Å². The number of benzene rings is 1. The van der Waals surface area contributed by atoms with Crippen LogP contribution in [-0.4, -0.2) is 28.8 Å². The van der Waals surface area contributed by atoms with Gasteiger partial charge in [-0.25, -0.2) is 4.79 Å². The van der Waals surface area contributed by atoms with Crippen molar-refractivity contribution in [3.63, 3.8) is 0 Å². The molecule has 0 amide bonds. The van der Waals surface area contributed by atoms with Gasteiger partial charge in [0.15, 0.2) is 0 Å². The zero-order valence-corrected chi connectivity index (χ0v) is 12.3. The normalized spacial score (nSPS) is 13.6. The van der Waals surface area contributed by atoms with E-state index in [1.165, 1.54) is 6.07 Å². The van der Waals surface area contributed by atoms with Crippen molar-refractivity contribution in [3.8, 4) is 5.75 Å². The minimum Gasteiger partial charge on any atom is -0.427 e. The molecule has 0 heterocycles. The fourth-order valence-electron chi connectivity index (χ4n) is 1.01. The van der Waals surface area contributed by atoms with Gasteiger partial charge < -0.3 is 19.7 Å². The van der Waals surface area contributed by atoms with Crippen LogP contribution in [0.15, 0.2) is 39.8 Å². The minimum absolute atomic E-state index is 0.201. The monoisotopic (exact) mass is 380 g/mol. The van der Waals surface area contributed by atoms with E-state index in [0.717, 1.165) is 10.5 Å². The number of ether oxygens (including phenoxy) is 2. The minimum atomic E-state index is -2.46. The average molecular weight is 382 g/mol. The Morgan fingerprint density at radius 3 is 2.67 bits per heavy atom. The van der Waals surface area contributed by atoms with E-state index in [4.69, 9.17) is 9.84 Å². The second-order valence-corrected chi connectivity index (χ2v) is 4.94. The van der Waals surface area contributed by atoms with Crippen molar-refractivity contribution in [2.24, 2.45) is 0 Å². The molecule has 0 aliphatic carbocycles. The number of carbonyl (C=O) groups excluding carboxylic acids is 1. The first kappa shape index (κ1) is 15.2. The SMILES string of the molecule is C=CC(=O)OC(O)(CO)Oc1ccc(Br)cc1Br. The molecule has 1 rings (SSSR count). The van der Waals surface area contributed by atoms with Crippen molar-refractivity contribution in [3.05, 3.63) is 39.8 Å². The molecule has 7 heteroatoms. The highest BCUT2D eigenvalue weighted by atomic mass is 79.9. The van der Waals surface area contributed by atoms with Gasteiger partial charge in [0.2, 0.25) is 0 Å². The summed E-state index contributed by atoms with van der Waals surface area (Å²) >= 11 is 6.45. The number of esters is 1. The van der Waals surface area contributed by atoms with Crippen LogP contribution in [0.2, 0.25) is 0 Å². The number of rotatable bonds is 5. The van der Waals surface area contributed by atoms with Gasteiger partial charge in [-0.1, -0.05) is 22.5 Å². The van der Waals surface area contributed by atoms with Crippen LogP contribution in [0.3, 0.4) is 0 Å².